The molecule has 1 aromatic carbocycles. The highest BCUT2D eigenvalue weighted by Crippen LogP contribution is 2.27. The largest absolute Gasteiger partial charge is 0.364 e. The van der Waals surface area contributed by atoms with E-state index in [1.54, 1.807) is 24.4 Å². The van der Waals surface area contributed by atoms with Gasteiger partial charge >= 0.3 is 0 Å². The number of rotatable bonds is 2. The van der Waals surface area contributed by atoms with E-state index in [0.717, 1.165) is 35.0 Å². The average Bonchev–Trinajstić information content (AvgIpc) is 2.91. The predicted molar refractivity (Wildman–Crippen MR) is 77.5 cm³/mol. The molecule has 2 aromatic rings. The summed E-state index contributed by atoms with van der Waals surface area (Å²) in [6.07, 6.45) is 4.74. The molecule has 0 spiro atoms. The first-order valence-corrected chi connectivity index (χ1v) is 6.26. The van der Waals surface area contributed by atoms with Gasteiger partial charge in [0.2, 0.25) is 0 Å². The number of aromatic nitrogens is 1. The van der Waals surface area contributed by atoms with Crippen LogP contribution in [0.3, 0.4) is 0 Å². The maximum atomic E-state index is 11.3. The van der Waals surface area contributed by atoms with E-state index < -0.39 is 5.91 Å². The molecule has 0 radical (unpaired) electrons. The minimum Gasteiger partial charge on any atom is -0.364 e. The fourth-order valence-corrected chi connectivity index (χ4v) is 2.36. The first-order valence-electron chi connectivity index (χ1n) is 6.26. The summed E-state index contributed by atoms with van der Waals surface area (Å²) in [5.74, 6) is -0.517. The van der Waals surface area contributed by atoms with Crippen molar-refractivity contribution in [3.63, 3.8) is 0 Å². The van der Waals surface area contributed by atoms with Gasteiger partial charge in [0.25, 0.3) is 5.91 Å². The minimum atomic E-state index is -0.517. The van der Waals surface area contributed by atoms with Gasteiger partial charge in [0.05, 0.1) is 17.1 Å². The van der Waals surface area contributed by atoms with Crippen molar-refractivity contribution in [3.05, 3.63) is 41.1 Å². The van der Waals surface area contributed by atoms with E-state index in [1.807, 2.05) is 0 Å². The van der Waals surface area contributed by atoms with Gasteiger partial charge in [0, 0.05) is 23.7 Å². The van der Waals surface area contributed by atoms with E-state index in [1.165, 1.54) is 0 Å². The molecule has 0 fully saturated rings. The standard InChI is InChI=1S/C15H12N4O/c16-7-9-4-11-6-13(15(17)20)19-14(11)12(5-9)10-2-1-3-18-8-10/h2,4-6,8,19H,1,3H2,(H2,17,20). The lowest BCUT2D eigenvalue weighted by Gasteiger charge is -2.08. The van der Waals surface area contributed by atoms with Gasteiger partial charge in [-0.25, -0.2) is 0 Å². The van der Waals surface area contributed by atoms with Crippen molar-refractivity contribution in [1.82, 2.24) is 4.98 Å². The normalized spacial score (nSPS) is 14.1. The van der Waals surface area contributed by atoms with Crippen LogP contribution in [0.15, 0.2) is 29.3 Å². The van der Waals surface area contributed by atoms with Gasteiger partial charge in [-0.05, 0) is 30.2 Å². The first-order chi connectivity index (χ1) is 9.69. The number of amides is 1. The minimum absolute atomic E-state index is 0.338. The third-order valence-electron chi connectivity index (χ3n) is 3.29. The number of hydrogen-bond donors (Lipinski definition) is 2. The molecule has 0 atom stereocenters. The fourth-order valence-electron chi connectivity index (χ4n) is 2.36. The number of allylic oxidation sites excluding steroid dienone is 1. The Kier molecular flexibility index (Phi) is 2.84. The quantitative estimate of drug-likeness (QED) is 0.867. The molecule has 3 rings (SSSR count). The molecule has 0 aliphatic carbocycles. The second-order valence-corrected chi connectivity index (χ2v) is 4.63. The van der Waals surface area contributed by atoms with Crippen molar-refractivity contribution < 1.29 is 4.79 Å². The van der Waals surface area contributed by atoms with E-state index in [2.05, 4.69) is 22.1 Å². The van der Waals surface area contributed by atoms with E-state index in [-0.39, 0.29) is 0 Å². The van der Waals surface area contributed by atoms with Gasteiger partial charge in [-0.1, -0.05) is 6.08 Å². The highest BCUT2D eigenvalue weighted by molar-refractivity contribution is 6.15. The van der Waals surface area contributed by atoms with Crippen LogP contribution in [0.2, 0.25) is 0 Å². The molecular formula is C15H12N4O. The number of fused-ring (bicyclic) bond motifs is 1. The Bertz CT molecular complexity index is 805. The number of nitrogens with two attached hydrogens (primary N) is 1. The summed E-state index contributed by atoms with van der Waals surface area (Å²) in [4.78, 5) is 18.6. The molecule has 20 heavy (non-hydrogen) atoms. The lowest BCUT2D eigenvalue weighted by Crippen LogP contribution is -2.10. The molecule has 98 valence electrons. The number of H-pyrrole nitrogens is 1. The summed E-state index contributed by atoms with van der Waals surface area (Å²) < 4.78 is 0. The molecule has 2 heterocycles. The zero-order valence-electron chi connectivity index (χ0n) is 10.7. The van der Waals surface area contributed by atoms with Crippen LogP contribution < -0.4 is 5.73 Å². The topological polar surface area (TPSA) is 95.0 Å². The Hall–Kier alpha value is -2.87. The number of aromatic amines is 1. The van der Waals surface area contributed by atoms with Crippen LogP contribution in [-0.4, -0.2) is 23.7 Å². The summed E-state index contributed by atoms with van der Waals surface area (Å²) in [6.45, 7) is 0.780. The first kappa shape index (κ1) is 12.2. The van der Waals surface area contributed by atoms with Crippen LogP contribution in [0.4, 0.5) is 0 Å². The van der Waals surface area contributed by atoms with E-state index in [4.69, 9.17) is 11.0 Å². The summed E-state index contributed by atoms with van der Waals surface area (Å²) in [5, 5.41) is 9.93. The van der Waals surface area contributed by atoms with Crippen molar-refractivity contribution in [2.45, 2.75) is 6.42 Å². The molecule has 1 aliphatic heterocycles. The molecule has 1 amide bonds. The number of nitrogens with one attached hydrogen (secondary N) is 1. The SMILES string of the molecule is N#Cc1cc(C2=CCCN=C2)c2[nH]c(C(N)=O)cc2c1. The fraction of sp³-hybridized carbons (Fsp3) is 0.133. The summed E-state index contributed by atoms with van der Waals surface area (Å²) >= 11 is 0. The molecule has 0 unspecified atom stereocenters. The highest BCUT2D eigenvalue weighted by atomic mass is 16.1. The number of carbonyl (C=O) groups excluding carboxylic acids is 1. The molecule has 5 nitrogen and oxygen atoms in total. The van der Waals surface area contributed by atoms with E-state index in [9.17, 15) is 4.79 Å². The Morgan fingerprint density at radius 1 is 1.40 bits per heavy atom. The van der Waals surface area contributed by atoms with Crippen molar-refractivity contribution in [1.29, 1.82) is 5.26 Å². The van der Waals surface area contributed by atoms with Gasteiger partial charge in [0.15, 0.2) is 0 Å². The van der Waals surface area contributed by atoms with Crippen molar-refractivity contribution in [3.8, 4) is 6.07 Å². The van der Waals surface area contributed by atoms with Gasteiger partial charge < -0.3 is 10.7 Å². The van der Waals surface area contributed by atoms with Crippen LogP contribution in [0, 0.1) is 11.3 Å². The lowest BCUT2D eigenvalue weighted by atomic mass is 9.99. The van der Waals surface area contributed by atoms with Gasteiger partial charge in [-0.15, -0.1) is 0 Å². The maximum Gasteiger partial charge on any atom is 0.265 e. The number of nitrogens with zero attached hydrogens (tertiary/aromatic N) is 2. The molecule has 0 bridgehead atoms. The number of dihydropyridines is 1. The average molecular weight is 264 g/mol. The molecule has 1 aliphatic rings. The van der Waals surface area contributed by atoms with Gasteiger partial charge in [-0.2, -0.15) is 5.26 Å². The van der Waals surface area contributed by atoms with Crippen molar-refractivity contribution in [2.24, 2.45) is 10.7 Å². The smallest absolute Gasteiger partial charge is 0.265 e. The molecule has 3 N–H and O–H groups in total. The maximum absolute atomic E-state index is 11.3. The Labute approximate surface area is 115 Å². The van der Waals surface area contributed by atoms with E-state index >= 15 is 0 Å². The number of aliphatic imine (C=N–C) groups is 1. The second kappa shape index (κ2) is 4.67. The molecule has 0 saturated heterocycles. The number of nitriles is 1. The third-order valence-corrected chi connectivity index (χ3v) is 3.29. The molecule has 5 heteroatoms. The predicted octanol–water partition coefficient (Wildman–Crippen LogP) is 2.00. The molecular weight excluding hydrogens is 252 g/mol. The van der Waals surface area contributed by atoms with Crippen molar-refractivity contribution in [2.75, 3.05) is 6.54 Å². The lowest BCUT2D eigenvalue weighted by molar-refractivity contribution is 0.0996. The van der Waals surface area contributed by atoms with Gasteiger partial charge in [-0.3, -0.25) is 9.79 Å². The van der Waals surface area contributed by atoms with Crippen LogP contribution in [0.25, 0.3) is 16.5 Å². The van der Waals surface area contributed by atoms with Crippen LogP contribution >= 0.6 is 0 Å². The molecule has 0 saturated carbocycles. The number of hydrogen-bond acceptors (Lipinski definition) is 3. The summed E-state index contributed by atoms with van der Waals surface area (Å²) in [6, 6.07) is 7.34. The van der Waals surface area contributed by atoms with Crippen LogP contribution in [-0.2, 0) is 0 Å². The number of primary amides is 1. The number of carbonyl (C=O) groups is 1. The zero-order chi connectivity index (χ0) is 14.1. The third kappa shape index (κ3) is 1.97. The van der Waals surface area contributed by atoms with Crippen molar-refractivity contribution >= 4 is 28.6 Å². The Morgan fingerprint density at radius 3 is 2.90 bits per heavy atom. The zero-order valence-corrected chi connectivity index (χ0v) is 10.7. The summed E-state index contributed by atoms with van der Waals surface area (Å²) in [5.41, 5.74) is 8.81. The van der Waals surface area contributed by atoms with Gasteiger partial charge in [0.1, 0.15) is 5.69 Å². The van der Waals surface area contributed by atoms with Crippen LogP contribution in [0.1, 0.15) is 28.0 Å². The summed E-state index contributed by atoms with van der Waals surface area (Å²) in [7, 11) is 0. The highest BCUT2D eigenvalue weighted by Gasteiger charge is 2.13. The Morgan fingerprint density at radius 2 is 2.25 bits per heavy atom. The molecule has 1 aromatic heterocycles. The second-order valence-electron chi connectivity index (χ2n) is 4.63. The van der Waals surface area contributed by atoms with Crippen LogP contribution in [0.5, 0.6) is 0 Å². The monoisotopic (exact) mass is 264 g/mol. The number of benzene rings is 1. The Balaban J connectivity index is 2.28. The van der Waals surface area contributed by atoms with E-state index in [0.29, 0.717) is 11.3 Å².